The molecule has 0 aliphatic rings. The van der Waals surface area contributed by atoms with E-state index in [0.717, 1.165) is 3.57 Å². The molecule has 104 valence electrons. The highest BCUT2D eigenvalue weighted by Gasteiger charge is 2.12. The van der Waals surface area contributed by atoms with Gasteiger partial charge >= 0.3 is 5.97 Å². The van der Waals surface area contributed by atoms with E-state index in [-0.39, 0.29) is 12.2 Å². The number of ether oxygens (including phenoxy) is 2. The topological polar surface area (TPSA) is 35.5 Å². The number of methoxy groups -OCH3 is 1. The summed E-state index contributed by atoms with van der Waals surface area (Å²) in [7, 11) is 1.22. The molecule has 0 aliphatic carbocycles. The Morgan fingerprint density at radius 3 is 2.50 bits per heavy atom. The average molecular weight is 386 g/mol. The maximum atomic E-state index is 13.7. The zero-order chi connectivity index (χ0) is 14.5. The molecular weight excluding hydrogens is 374 g/mol. The van der Waals surface area contributed by atoms with Crippen LogP contribution < -0.4 is 4.74 Å². The first-order chi connectivity index (χ1) is 9.60. The van der Waals surface area contributed by atoms with Crippen LogP contribution in [0.25, 0.3) is 0 Å². The van der Waals surface area contributed by atoms with Crippen molar-refractivity contribution >= 4 is 28.6 Å². The van der Waals surface area contributed by atoms with Crippen molar-refractivity contribution in [1.29, 1.82) is 0 Å². The highest BCUT2D eigenvalue weighted by atomic mass is 127. The molecule has 2 aromatic rings. The van der Waals surface area contributed by atoms with Crippen molar-refractivity contribution in [2.75, 3.05) is 7.11 Å². The van der Waals surface area contributed by atoms with Crippen LogP contribution in [0.3, 0.4) is 0 Å². The third-order valence-corrected chi connectivity index (χ3v) is 3.38. The van der Waals surface area contributed by atoms with E-state index >= 15 is 0 Å². The van der Waals surface area contributed by atoms with E-state index in [0.29, 0.717) is 11.3 Å². The molecule has 2 rings (SSSR count). The molecule has 0 heterocycles. The number of halogens is 2. The highest BCUT2D eigenvalue weighted by molar-refractivity contribution is 14.1. The summed E-state index contributed by atoms with van der Waals surface area (Å²) in [4.78, 5) is 11.3. The van der Waals surface area contributed by atoms with Crippen molar-refractivity contribution in [2.45, 2.75) is 6.61 Å². The monoisotopic (exact) mass is 386 g/mol. The van der Waals surface area contributed by atoms with E-state index in [4.69, 9.17) is 4.74 Å². The van der Waals surface area contributed by atoms with Gasteiger partial charge in [0.05, 0.1) is 12.7 Å². The number of carbonyl (C=O) groups is 1. The van der Waals surface area contributed by atoms with Crippen LogP contribution in [0.1, 0.15) is 15.9 Å². The van der Waals surface area contributed by atoms with Crippen molar-refractivity contribution in [1.82, 2.24) is 0 Å². The Morgan fingerprint density at radius 1 is 1.20 bits per heavy atom. The quantitative estimate of drug-likeness (QED) is 0.593. The average Bonchev–Trinajstić information content (AvgIpc) is 2.46. The molecule has 0 bridgehead atoms. The van der Waals surface area contributed by atoms with Crippen LogP contribution in [-0.4, -0.2) is 13.1 Å². The summed E-state index contributed by atoms with van der Waals surface area (Å²) in [6.45, 7) is 0.235. The standard InChI is InChI=1S/C15H12FIO3/c1-19-15(18)13-7-2-10(8-14(13)16)9-20-12-5-3-11(17)4-6-12/h2-8H,9H2,1H3. The summed E-state index contributed by atoms with van der Waals surface area (Å²) in [5.74, 6) is -0.587. The minimum Gasteiger partial charge on any atom is -0.489 e. The summed E-state index contributed by atoms with van der Waals surface area (Å²) in [6.07, 6.45) is 0. The van der Waals surface area contributed by atoms with Gasteiger partial charge in [0.25, 0.3) is 0 Å². The van der Waals surface area contributed by atoms with Gasteiger partial charge in [0, 0.05) is 3.57 Å². The van der Waals surface area contributed by atoms with Crippen molar-refractivity contribution in [3.63, 3.8) is 0 Å². The third kappa shape index (κ3) is 3.69. The molecule has 0 saturated carbocycles. The van der Waals surface area contributed by atoms with E-state index < -0.39 is 11.8 Å². The van der Waals surface area contributed by atoms with Gasteiger partial charge in [0.15, 0.2) is 0 Å². The molecule has 2 aromatic carbocycles. The Kier molecular flexibility index (Phi) is 4.94. The van der Waals surface area contributed by atoms with Gasteiger partial charge in [-0.2, -0.15) is 0 Å². The molecule has 0 unspecified atom stereocenters. The molecule has 0 fully saturated rings. The molecule has 0 amide bonds. The summed E-state index contributed by atoms with van der Waals surface area (Å²) in [5.41, 5.74) is 0.569. The molecular formula is C15H12FIO3. The predicted octanol–water partition coefficient (Wildman–Crippen LogP) is 3.80. The van der Waals surface area contributed by atoms with Crippen molar-refractivity contribution in [2.24, 2.45) is 0 Å². The van der Waals surface area contributed by atoms with Gasteiger partial charge < -0.3 is 9.47 Å². The molecule has 3 nitrogen and oxygen atoms in total. The number of hydrogen-bond donors (Lipinski definition) is 0. The largest absolute Gasteiger partial charge is 0.489 e. The fourth-order valence-corrected chi connectivity index (χ4v) is 1.98. The van der Waals surface area contributed by atoms with Crippen LogP contribution >= 0.6 is 22.6 Å². The van der Waals surface area contributed by atoms with E-state index in [1.54, 1.807) is 6.07 Å². The minimum absolute atomic E-state index is 0.0782. The Balaban J connectivity index is 2.05. The number of rotatable bonds is 4. The molecule has 5 heteroatoms. The van der Waals surface area contributed by atoms with E-state index in [2.05, 4.69) is 27.3 Å². The van der Waals surface area contributed by atoms with Gasteiger partial charge in [0.2, 0.25) is 0 Å². The molecule has 0 saturated heterocycles. The lowest BCUT2D eigenvalue weighted by Crippen LogP contribution is -2.05. The lowest BCUT2D eigenvalue weighted by atomic mass is 10.1. The number of benzene rings is 2. The smallest absolute Gasteiger partial charge is 0.340 e. The lowest BCUT2D eigenvalue weighted by Gasteiger charge is -2.08. The van der Waals surface area contributed by atoms with Crippen LogP contribution in [0.4, 0.5) is 4.39 Å². The van der Waals surface area contributed by atoms with Crippen LogP contribution in [0, 0.1) is 9.39 Å². The highest BCUT2D eigenvalue weighted by Crippen LogP contribution is 2.17. The molecule has 0 N–H and O–H groups in total. The first-order valence-electron chi connectivity index (χ1n) is 5.85. The fourth-order valence-electron chi connectivity index (χ4n) is 1.62. The van der Waals surface area contributed by atoms with Gasteiger partial charge in [-0.15, -0.1) is 0 Å². The molecule has 0 aliphatic heterocycles. The van der Waals surface area contributed by atoms with Gasteiger partial charge in [-0.05, 0) is 64.6 Å². The molecule has 20 heavy (non-hydrogen) atoms. The molecule has 0 aromatic heterocycles. The van der Waals surface area contributed by atoms with E-state index in [1.807, 2.05) is 24.3 Å². The minimum atomic E-state index is -0.687. The Bertz CT molecular complexity index is 611. The second-order valence-corrected chi connectivity index (χ2v) is 5.29. The fraction of sp³-hybridized carbons (Fsp3) is 0.133. The Morgan fingerprint density at radius 2 is 1.90 bits per heavy atom. The molecule has 0 radical (unpaired) electrons. The first kappa shape index (κ1) is 14.8. The number of carbonyl (C=O) groups excluding carboxylic acids is 1. The van der Waals surface area contributed by atoms with Crippen molar-refractivity contribution in [3.8, 4) is 5.75 Å². The zero-order valence-corrected chi connectivity index (χ0v) is 12.9. The van der Waals surface area contributed by atoms with Crippen LogP contribution in [0.15, 0.2) is 42.5 Å². The Labute approximate surface area is 129 Å². The summed E-state index contributed by atoms with van der Waals surface area (Å²) >= 11 is 2.21. The second kappa shape index (κ2) is 6.69. The van der Waals surface area contributed by atoms with Gasteiger partial charge in [-0.25, -0.2) is 9.18 Å². The summed E-state index contributed by atoms with van der Waals surface area (Å²) in [6, 6.07) is 11.9. The van der Waals surface area contributed by atoms with Gasteiger partial charge in [-0.1, -0.05) is 6.07 Å². The first-order valence-corrected chi connectivity index (χ1v) is 6.93. The summed E-state index contributed by atoms with van der Waals surface area (Å²) < 4.78 is 24.9. The lowest BCUT2D eigenvalue weighted by molar-refractivity contribution is 0.0595. The van der Waals surface area contributed by atoms with E-state index in [1.165, 1.54) is 19.2 Å². The Hall–Kier alpha value is -1.63. The third-order valence-electron chi connectivity index (χ3n) is 2.66. The maximum absolute atomic E-state index is 13.7. The SMILES string of the molecule is COC(=O)c1ccc(COc2ccc(I)cc2)cc1F. The molecule has 0 spiro atoms. The van der Waals surface area contributed by atoms with Crippen LogP contribution in [0.2, 0.25) is 0 Å². The predicted molar refractivity (Wildman–Crippen MR) is 81.2 cm³/mol. The van der Waals surface area contributed by atoms with Crippen LogP contribution in [-0.2, 0) is 11.3 Å². The maximum Gasteiger partial charge on any atom is 0.340 e. The van der Waals surface area contributed by atoms with E-state index in [9.17, 15) is 9.18 Å². The number of hydrogen-bond acceptors (Lipinski definition) is 3. The summed E-state index contributed by atoms with van der Waals surface area (Å²) in [5, 5.41) is 0. The van der Waals surface area contributed by atoms with Crippen molar-refractivity contribution in [3.05, 3.63) is 63.0 Å². The van der Waals surface area contributed by atoms with Gasteiger partial charge in [-0.3, -0.25) is 0 Å². The van der Waals surface area contributed by atoms with Crippen LogP contribution in [0.5, 0.6) is 5.75 Å². The molecule has 0 atom stereocenters. The second-order valence-electron chi connectivity index (χ2n) is 4.05. The van der Waals surface area contributed by atoms with Gasteiger partial charge in [0.1, 0.15) is 18.2 Å². The normalized spacial score (nSPS) is 10.2. The number of esters is 1. The van der Waals surface area contributed by atoms with Crippen molar-refractivity contribution < 1.29 is 18.7 Å². The zero-order valence-electron chi connectivity index (χ0n) is 10.7.